The van der Waals surface area contributed by atoms with Crippen LogP contribution in [-0.4, -0.2) is 19.5 Å². The Bertz CT molecular complexity index is 683. The first-order chi connectivity index (χ1) is 9.96. The molecule has 0 N–H and O–H groups in total. The Labute approximate surface area is 126 Å². The van der Waals surface area contributed by atoms with Crippen LogP contribution >= 0.6 is 0 Å². The lowest BCUT2D eigenvalue weighted by Crippen LogP contribution is -2.35. The Morgan fingerprint density at radius 2 is 2.00 bits per heavy atom. The van der Waals surface area contributed by atoms with E-state index in [0.717, 1.165) is 17.6 Å². The van der Waals surface area contributed by atoms with Gasteiger partial charge in [0.25, 0.3) is 0 Å². The highest BCUT2D eigenvalue weighted by molar-refractivity contribution is 5.75. The van der Waals surface area contributed by atoms with Crippen molar-refractivity contribution >= 4 is 16.9 Å². The smallest absolute Gasteiger partial charge is 0.167 e. The number of allylic oxidation sites excluding steroid dienone is 2. The van der Waals surface area contributed by atoms with Crippen LogP contribution in [0, 0.1) is 23.2 Å². The number of imidazole rings is 1. The number of fused-ring (bicyclic) bond motifs is 1. The topological polar surface area (TPSA) is 43.6 Å². The number of hydrogen-bond donors (Lipinski definition) is 0. The van der Waals surface area contributed by atoms with Gasteiger partial charge in [-0.15, -0.1) is 0 Å². The molecule has 112 valence electrons. The molecular weight excluding hydrogens is 260 g/mol. The molecule has 4 nitrogen and oxygen atoms in total. The summed E-state index contributed by atoms with van der Waals surface area (Å²) in [6.45, 7) is 11.7. The normalized spacial score (nSPS) is 26.0. The van der Waals surface area contributed by atoms with Gasteiger partial charge in [-0.25, -0.2) is 15.0 Å². The van der Waals surface area contributed by atoms with Crippen molar-refractivity contribution in [1.82, 2.24) is 19.5 Å². The van der Waals surface area contributed by atoms with E-state index in [1.165, 1.54) is 5.70 Å². The zero-order valence-corrected chi connectivity index (χ0v) is 13.5. The second kappa shape index (κ2) is 4.93. The van der Waals surface area contributed by atoms with E-state index >= 15 is 0 Å². The summed E-state index contributed by atoms with van der Waals surface area (Å²) < 4.78 is 2.17. The van der Waals surface area contributed by atoms with Gasteiger partial charge in [0, 0.05) is 11.1 Å². The predicted octanol–water partition coefficient (Wildman–Crippen LogP) is 4.01. The highest BCUT2D eigenvalue weighted by atomic mass is 15.1. The summed E-state index contributed by atoms with van der Waals surface area (Å²) in [7, 11) is 0. The Kier molecular flexibility index (Phi) is 3.34. The lowest BCUT2D eigenvalue weighted by molar-refractivity contribution is 0.153. The number of nitrogens with zero attached hydrogens (tertiary/aromatic N) is 4. The predicted molar refractivity (Wildman–Crippen MR) is 85.5 cm³/mol. The van der Waals surface area contributed by atoms with Gasteiger partial charge in [0.2, 0.25) is 0 Å². The average Bonchev–Trinajstić information content (AvgIpc) is 3.00. The van der Waals surface area contributed by atoms with E-state index in [0.29, 0.717) is 17.8 Å². The van der Waals surface area contributed by atoms with Gasteiger partial charge in [0.1, 0.15) is 18.2 Å². The molecule has 0 bridgehead atoms. The first-order valence-corrected chi connectivity index (χ1v) is 7.80. The van der Waals surface area contributed by atoms with E-state index in [9.17, 15) is 0 Å². The summed E-state index contributed by atoms with van der Waals surface area (Å²) in [6, 6.07) is 0. The van der Waals surface area contributed by atoms with Crippen molar-refractivity contribution in [3.63, 3.8) is 0 Å². The molecule has 0 fully saturated rings. The number of hydrogen-bond acceptors (Lipinski definition) is 3. The molecule has 0 radical (unpaired) electrons. The fraction of sp³-hybridized carbons (Fsp3) is 0.588. The van der Waals surface area contributed by atoms with Crippen LogP contribution in [0.15, 0.2) is 24.9 Å². The molecule has 3 rings (SSSR count). The van der Waals surface area contributed by atoms with Crippen molar-refractivity contribution in [2.45, 2.75) is 41.0 Å². The molecule has 0 saturated carbocycles. The Morgan fingerprint density at radius 1 is 1.24 bits per heavy atom. The van der Waals surface area contributed by atoms with Crippen molar-refractivity contribution in [3.8, 4) is 0 Å². The number of aromatic nitrogens is 4. The molecular formula is C17H24N4. The molecule has 0 aliphatic heterocycles. The van der Waals surface area contributed by atoms with Crippen LogP contribution in [0.3, 0.4) is 0 Å². The molecule has 21 heavy (non-hydrogen) atoms. The Balaban J connectivity index is 2.13. The third-order valence-corrected chi connectivity index (χ3v) is 5.36. The zero-order valence-electron chi connectivity index (χ0n) is 13.5. The highest BCUT2D eigenvalue weighted by Crippen LogP contribution is 2.54. The second-order valence-corrected chi connectivity index (χ2v) is 6.96. The molecule has 2 atom stereocenters. The van der Waals surface area contributed by atoms with Gasteiger partial charge in [-0.05, 0) is 24.2 Å². The lowest BCUT2D eigenvalue weighted by Gasteiger charge is -2.41. The van der Waals surface area contributed by atoms with E-state index in [-0.39, 0.29) is 5.41 Å². The average molecular weight is 284 g/mol. The quantitative estimate of drug-likeness (QED) is 0.855. The van der Waals surface area contributed by atoms with Crippen molar-refractivity contribution in [1.29, 1.82) is 0 Å². The summed E-state index contributed by atoms with van der Waals surface area (Å²) in [4.78, 5) is 12.9. The van der Waals surface area contributed by atoms with Crippen molar-refractivity contribution in [3.05, 3.63) is 24.9 Å². The third kappa shape index (κ3) is 2.00. The molecule has 1 aliphatic rings. The fourth-order valence-corrected chi connectivity index (χ4v) is 3.88. The van der Waals surface area contributed by atoms with Gasteiger partial charge in [-0.2, -0.15) is 0 Å². The van der Waals surface area contributed by atoms with Gasteiger partial charge in [-0.3, -0.25) is 4.57 Å². The summed E-state index contributed by atoms with van der Waals surface area (Å²) in [5.74, 6) is 1.89. The maximum atomic E-state index is 4.46. The Morgan fingerprint density at radius 3 is 2.67 bits per heavy atom. The summed E-state index contributed by atoms with van der Waals surface area (Å²) in [5.41, 5.74) is 3.26. The minimum atomic E-state index is 0.146. The monoisotopic (exact) mass is 284 g/mol. The summed E-state index contributed by atoms with van der Waals surface area (Å²) in [5, 5.41) is 0. The van der Waals surface area contributed by atoms with Crippen molar-refractivity contribution in [2.24, 2.45) is 23.2 Å². The standard InChI is InChI=1S/C17H24N4/c1-11(2)13-6-7-15(17(13,5)12(3)4)21-10-20-14-8-18-9-19-16(14)21/h7-13H,6H2,1-5H3/t13?,17-/m0/s1. The minimum Gasteiger partial charge on any atom is -0.287 e. The molecule has 1 unspecified atom stereocenters. The second-order valence-electron chi connectivity index (χ2n) is 6.96. The van der Waals surface area contributed by atoms with Crippen LogP contribution in [0.4, 0.5) is 0 Å². The first kappa shape index (κ1) is 14.2. The largest absolute Gasteiger partial charge is 0.287 e. The van der Waals surface area contributed by atoms with Crippen LogP contribution in [0.25, 0.3) is 16.9 Å². The van der Waals surface area contributed by atoms with Gasteiger partial charge in [-0.1, -0.05) is 40.7 Å². The van der Waals surface area contributed by atoms with E-state index in [1.807, 2.05) is 6.33 Å². The molecule has 1 aliphatic carbocycles. The molecule has 0 spiro atoms. The summed E-state index contributed by atoms with van der Waals surface area (Å²) >= 11 is 0. The molecule has 2 aromatic rings. The fourth-order valence-electron chi connectivity index (χ4n) is 3.88. The van der Waals surface area contributed by atoms with Gasteiger partial charge in [0.15, 0.2) is 5.65 Å². The van der Waals surface area contributed by atoms with Gasteiger partial charge < -0.3 is 0 Å². The van der Waals surface area contributed by atoms with Crippen LogP contribution in [0.1, 0.15) is 41.0 Å². The molecule has 2 heterocycles. The van der Waals surface area contributed by atoms with Crippen LogP contribution in [-0.2, 0) is 0 Å². The van der Waals surface area contributed by atoms with Gasteiger partial charge in [0.05, 0.1) is 6.20 Å². The van der Waals surface area contributed by atoms with Crippen LogP contribution in [0.5, 0.6) is 0 Å². The van der Waals surface area contributed by atoms with E-state index < -0.39 is 0 Å². The minimum absolute atomic E-state index is 0.146. The van der Waals surface area contributed by atoms with E-state index in [2.05, 4.69) is 60.2 Å². The van der Waals surface area contributed by atoms with Gasteiger partial charge >= 0.3 is 0 Å². The van der Waals surface area contributed by atoms with Crippen molar-refractivity contribution in [2.75, 3.05) is 0 Å². The maximum absolute atomic E-state index is 4.46. The highest BCUT2D eigenvalue weighted by Gasteiger charge is 2.46. The lowest BCUT2D eigenvalue weighted by atomic mass is 9.66. The third-order valence-electron chi connectivity index (χ3n) is 5.36. The first-order valence-electron chi connectivity index (χ1n) is 7.80. The van der Waals surface area contributed by atoms with Crippen LogP contribution < -0.4 is 0 Å². The SMILES string of the molecule is CC(C)C1CC=C(n2cnc3cncnc32)[C@@]1(C)C(C)C. The van der Waals surface area contributed by atoms with E-state index in [1.54, 1.807) is 12.5 Å². The molecule has 4 heteroatoms. The molecule has 2 aromatic heterocycles. The zero-order chi connectivity index (χ0) is 15.2. The molecule has 0 aromatic carbocycles. The molecule has 0 saturated heterocycles. The Hall–Kier alpha value is -1.71. The van der Waals surface area contributed by atoms with E-state index in [4.69, 9.17) is 0 Å². The summed E-state index contributed by atoms with van der Waals surface area (Å²) in [6.07, 6.45) is 8.79. The maximum Gasteiger partial charge on any atom is 0.167 e. The molecule has 0 amide bonds. The van der Waals surface area contributed by atoms with Crippen LogP contribution in [0.2, 0.25) is 0 Å². The number of rotatable bonds is 3. The van der Waals surface area contributed by atoms with Crippen molar-refractivity contribution < 1.29 is 0 Å².